The van der Waals surface area contributed by atoms with Gasteiger partial charge in [-0.2, -0.15) is 0 Å². The Morgan fingerprint density at radius 2 is 2.28 bits per heavy atom. The first-order chi connectivity index (χ1) is 8.66. The fourth-order valence-electron chi connectivity index (χ4n) is 2.38. The van der Waals surface area contributed by atoms with E-state index in [0.29, 0.717) is 5.69 Å². The number of aliphatic hydroxyl groups is 1. The summed E-state index contributed by atoms with van der Waals surface area (Å²) < 4.78 is 12.9. The van der Waals surface area contributed by atoms with Crippen LogP contribution in [-0.4, -0.2) is 47.8 Å². The van der Waals surface area contributed by atoms with Crippen molar-refractivity contribution in [3.8, 4) is 0 Å². The van der Waals surface area contributed by atoms with Crippen LogP contribution < -0.4 is 5.32 Å². The molecule has 100 valence electrons. The Kier molecular flexibility index (Phi) is 4.27. The van der Waals surface area contributed by atoms with E-state index in [2.05, 4.69) is 15.2 Å². The molecular formula is C13H20FN3O. The summed E-state index contributed by atoms with van der Waals surface area (Å²) in [7, 11) is 0. The zero-order valence-corrected chi connectivity index (χ0v) is 10.7. The lowest BCUT2D eigenvalue weighted by atomic mass is 9.95. The van der Waals surface area contributed by atoms with Gasteiger partial charge in [0.2, 0.25) is 0 Å². The van der Waals surface area contributed by atoms with Gasteiger partial charge in [0.1, 0.15) is 5.82 Å². The second-order valence-corrected chi connectivity index (χ2v) is 4.88. The molecule has 0 spiro atoms. The molecule has 0 saturated carbocycles. The highest BCUT2D eigenvalue weighted by Gasteiger charge is 2.34. The molecule has 1 fully saturated rings. The van der Waals surface area contributed by atoms with Crippen molar-refractivity contribution in [2.45, 2.75) is 18.9 Å². The molecular weight excluding hydrogens is 233 g/mol. The third-order valence-electron chi connectivity index (χ3n) is 3.63. The Balaban J connectivity index is 2.25. The topological polar surface area (TPSA) is 48.4 Å². The van der Waals surface area contributed by atoms with Gasteiger partial charge in [-0.25, -0.2) is 4.39 Å². The van der Waals surface area contributed by atoms with Crippen LogP contribution in [0.1, 0.15) is 19.0 Å². The minimum Gasteiger partial charge on any atom is -0.394 e. The highest BCUT2D eigenvalue weighted by molar-refractivity contribution is 5.16. The van der Waals surface area contributed by atoms with E-state index in [-0.39, 0.29) is 12.4 Å². The summed E-state index contributed by atoms with van der Waals surface area (Å²) in [4.78, 5) is 6.35. The van der Waals surface area contributed by atoms with Crippen LogP contribution in [0.15, 0.2) is 18.3 Å². The first-order valence-electron chi connectivity index (χ1n) is 6.35. The minimum absolute atomic E-state index is 0.0222. The molecule has 1 aliphatic rings. The highest BCUT2D eigenvalue weighted by Crippen LogP contribution is 2.26. The van der Waals surface area contributed by atoms with Crippen molar-refractivity contribution in [1.29, 1.82) is 0 Å². The number of rotatable bonds is 3. The molecule has 2 N–H and O–H groups in total. The lowest BCUT2D eigenvalue weighted by Crippen LogP contribution is -2.48. The molecule has 0 aliphatic carbocycles. The molecule has 0 bridgehead atoms. The molecule has 0 amide bonds. The number of aliphatic hydroxyl groups excluding tert-OH is 1. The van der Waals surface area contributed by atoms with Gasteiger partial charge in [-0.05, 0) is 32.0 Å². The van der Waals surface area contributed by atoms with Crippen molar-refractivity contribution in [3.63, 3.8) is 0 Å². The Labute approximate surface area is 107 Å². The van der Waals surface area contributed by atoms with Crippen molar-refractivity contribution >= 4 is 0 Å². The molecule has 1 aromatic rings. The number of aromatic nitrogens is 1. The molecule has 2 rings (SSSR count). The van der Waals surface area contributed by atoms with Crippen molar-refractivity contribution in [2.24, 2.45) is 0 Å². The van der Waals surface area contributed by atoms with E-state index in [1.165, 1.54) is 12.3 Å². The van der Waals surface area contributed by atoms with Gasteiger partial charge in [0.05, 0.1) is 24.0 Å². The normalized spacial score (nSPS) is 21.3. The Morgan fingerprint density at radius 1 is 1.44 bits per heavy atom. The molecule has 18 heavy (non-hydrogen) atoms. The van der Waals surface area contributed by atoms with Crippen molar-refractivity contribution in [1.82, 2.24) is 15.2 Å². The first kappa shape index (κ1) is 13.4. The number of pyridine rings is 1. The summed E-state index contributed by atoms with van der Waals surface area (Å²) in [6, 6.07) is 3.05. The summed E-state index contributed by atoms with van der Waals surface area (Å²) in [5.74, 6) is -0.350. The van der Waals surface area contributed by atoms with Gasteiger partial charge in [0.25, 0.3) is 0 Å². The molecule has 1 unspecified atom stereocenters. The fourth-order valence-corrected chi connectivity index (χ4v) is 2.38. The van der Waals surface area contributed by atoms with Gasteiger partial charge < -0.3 is 10.4 Å². The highest BCUT2D eigenvalue weighted by atomic mass is 19.1. The Bertz CT molecular complexity index is 376. The molecule has 1 saturated heterocycles. The van der Waals surface area contributed by atoms with Crippen molar-refractivity contribution in [2.75, 3.05) is 32.8 Å². The van der Waals surface area contributed by atoms with Crippen molar-refractivity contribution < 1.29 is 9.50 Å². The van der Waals surface area contributed by atoms with Crippen LogP contribution >= 0.6 is 0 Å². The van der Waals surface area contributed by atoms with Gasteiger partial charge in [-0.15, -0.1) is 0 Å². The van der Waals surface area contributed by atoms with E-state index in [0.717, 1.165) is 32.6 Å². The van der Waals surface area contributed by atoms with E-state index in [4.69, 9.17) is 0 Å². The number of hydrogen-bond acceptors (Lipinski definition) is 4. The van der Waals surface area contributed by atoms with Crippen LogP contribution in [-0.2, 0) is 5.54 Å². The second kappa shape index (κ2) is 5.73. The van der Waals surface area contributed by atoms with E-state index in [1.54, 1.807) is 6.07 Å². The van der Waals surface area contributed by atoms with Crippen LogP contribution in [0, 0.1) is 5.82 Å². The number of hydrogen-bond donors (Lipinski definition) is 2. The largest absolute Gasteiger partial charge is 0.394 e. The first-order valence-corrected chi connectivity index (χ1v) is 6.35. The average Bonchev–Trinajstić information content (AvgIpc) is 2.68. The molecule has 0 radical (unpaired) electrons. The zero-order chi connectivity index (χ0) is 13.0. The summed E-state index contributed by atoms with van der Waals surface area (Å²) in [5.41, 5.74) is 0.174. The average molecular weight is 253 g/mol. The smallest absolute Gasteiger partial charge is 0.141 e. The van der Waals surface area contributed by atoms with E-state index < -0.39 is 5.54 Å². The van der Waals surface area contributed by atoms with Crippen LogP contribution in [0.25, 0.3) is 0 Å². The maximum Gasteiger partial charge on any atom is 0.141 e. The monoisotopic (exact) mass is 253 g/mol. The quantitative estimate of drug-likeness (QED) is 0.833. The van der Waals surface area contributed by atoms with Crippen molar-refractivity contribution in [3.05, 3.63) is 29.8 Å². The van der Waals surface area contributed by atoms with Gasteiger partial charge >= 0.3 is 0 Å². The van der Waals surface area contributed by atoms with Crippen LogP contribution in [0.4, 0.5) is 4.39 Å². The van der Waals surface area contributed by atoms with E-state index >= 15 is 0 Å². The molecule has 1 aliphatic heterocycles. The summed E-state index contributed by atoms with van der Waals surface area (Å²) in [5, 5.41) is 13.1. The van der Waals surface area contributed by atoms with Gasteiger partial charge in [-0.3, -0.25) is 9.88 Å². The molecule has 0 aromatic carbocycles. The second-order valence-electron chi connectivity index (χ2n) is 4.88. The van der Waals surface area contributed by atoms with Gasteiger partial charge in [-0.1, -0.05) is 0 Å². The Hall–Kier alpha value is -1.04. The number of nitrogens with one attached hydrogen (secondary N) is 1. The minimum atomic E-state index is -0.542. The van der Waals surface area contributed by atoms with Gasteiger partial charge in [0.15, 0.2) is 0 Å². The van der Waals surface area contributed by atoms with Crippen LogP contribution in [0.3, 0.4) is 0 Å². The lowest BCUT2D eigenvalue weighted by Gasteiger charge is -2.38. The van der Waals surface area contributed by atoms with Crippen LogP contribution in [0.2, 0.25) is 0 Å². The third kappa shape index (κ3) is 2.68. The summed E-state index contributed by atoms with van der Waals surface area (Å²) in [6.07, 6.45) is 2.25. The molecule has 5 heteroatoms. The third-order valence-corrected chi connectivity index (χ3v) is 3.63. The SMILES string of the molecule is CC(CO)(c1ccc(F)cn1)N1CCCNCC1. The fraction of sp³-hybridized carbons (Fsp3) is 0.615. The standard InChI is InChI=1S/C13H20FN3O/c1-13(10-18,12-4-3-11(14)9-16-12)17-7-2-5-15-6-8-17/h3-4,9,15,18H,2,5-8,10H2,1H3. The summed E-state index contributed by atoms with van der Waals surface area (Å²) >= 11 is 0. The maximum absolute atomic E-state index is 12.9. The number of nitrogens with zero attached hydrogens (tertiary/aromatic N) is 2. The predicted octanol–water partition coefficient (Wildman–Crippen LogP) is 0.724. The zero-order valence-electron chi connectivity index (χ0n) is 10.7. The van der Waals surface area contributed by atoms with E-state index in [9.17, 15) is 9.50 Å². The maximum atomic E-state index is 12.9. The number of halogens is 1. The molecule has 1 aromatic heterocycles. The van der Waals surface area contributed by atoms with Gasteiger partial charge in [0, 0.05) is 19.6 Å². The molecule has 4 nitrogen and oxygen atoms in total. The Morgan fingerprint density at radius 3 is 2.94 bits per heavy atom. The van der Waals surface area contributed by atoms with Crippen LogP contribution in [0.5, 0.6) is 0 Å². The summed E-state index contributed by atoms with van der Waals surface area (Å²) in [6.45, 7) is 5.59. The molecule has 1 atom stereocenters. The van der Waals surface area contributed by atoms with E-state index in [1.807, 2.05) is 6.92 Å². The molecule has 2 heterocycles. The lowest BCUT2D eigenvalue weighted by molar-refractivity contribution is 0.0418. The predicted molar refractivity (Wildman–Crippen MR) is 67.7 cm³/mol.